The maximum Gasteiger partial charge on any atom is 0.350 e. The standard InChI is InChI=1S/C26H25N3O6S2/c1-6-11-35-25(33)23-14(4)28-26(37-23)29-19(16-9-8-10-17(12-16)34-7-2)18(21(31)24(29)32)20(30)22-13(3)27-15(5)36-22/h6,8-10,12,19,31H,1,7,11H2,2-5H3. The van der Waals surface area contributed by atoms with E-state index in [4.69, 9.17) is 9.47 Å². The zero-order valence-electron chi connectivity index (χ0n) is 20.7. The molecular formula is C26H25N3O6S2. The number of carbonyl (C=O) groups is 3. The average Bonchev–Trinajstić information content (AvgIpc) is 3.50. The van der Waals surface area contributed by atoms with Crippen LogP contribution in [0.4, 0.5) is 5.13 Å². The summed E-state index contributed by atoms with van der Waals surface area (Å²) in [4.78, 5) is 50.3. The van der Waals surface area contributed by atoms with Crippen LogP contribution in [0.15, 0.2) is 48.3 Å². The lowest BCUT2D eigenvalue weighted by molar-refractivity contribution is -0.117. The lowest BCUT2D eigenvalue weighted by atomic mass is 9.95. The largest absolute Gasteiger partial charge is 0.503 e. The summed E-state index contributed by atoms with van der Waals surface area (Å²) >= 11 is 2.14. The minimum atomic E-state index is -1.01. The number of nitrogens with zero attached hydrogens (tertiary/aromatic N) is 3. The van der Waals surface area contributed by atoms with Gasteiger partial charge in [-0.25, -0.2) is 14.8 Å². The number of hydrogen-bond acceptors (Lipinski definition) is 10. The van der Waals surface area contributed by atoms with E-state index in [1.54, 1.807) is 45.0 Å². The van der Waals surface area contributed by atoms with E-state index in [-0.39, 0.29) is 22.2 Å². The molecular weight excluding hydrogens is 514 g/mol. The van der Waals surface area contributed by atoms with E-state index in [9.17, 15) is 19.5 Å². The number of benzene rings is 1. The van der Waals surface area contributed by atoms with Crippen molar-refractivity contribution in [2.45, 2.75) is 33.7 Å². The number of hydrogen-bond donors (Lipinski definition) is 1. The second kappa shape index (κ2) is 10.7. The van der Waals surface area contributed by atoms with E-state index >= 15 is 0 Å². The fourth-order valence-electron chi connectivity index (χ4n) is 4.03. The van der Waals surface area contributed by atoms with Crippen molar-refractivity contribution in [3.63, 3.8) is 0 Å². The van der Waals surface area contributed by atoms with Gasteiger partial charge < -0.3 is 14.6 Å². The number of Topliss-reactive ketones (excluding diaryl/α,β-unsaturated/α-hetero) is 1. The molecule has 1 atom stereocenters. The van der Waals surface area contributed by atoms with Gasteiger partial charge in [0, 0.05) is 0 Å². The molecule has 192 valence electrons. The topological polar surface area (TPSA) is 119 Å². The third-order valence-corrected chi connectivity index (χ3v) is 7.76. The Morgan fingerprint density at radius 2 is 1.89 bits per heavy atom. The molecule has 0 saturated heterocycles. The van der Waals surface area contributed by atoms with Crippen LogP contribution in [0.25, 0.3) is 0 Å². The van der Waals surface area contributed by atoms with Gasteiger partial charge >= 0.3 is 5.97 Å². The number of esters is 1. The minimum Gasteiger partial charge on any atom is -0.503 e. The first-order chi connectivity index (χ1) is 17.7. The summed E-state index contributed by atoms with van der Waals surface area (Å²) in [6.07, 6.45) is 1.45. The van der Waals surface area contributed by atoms with Crippen molar-refractivity contribution in [2.24, 2.45) is 0 Å². The zero-order chi connectivity index (χ0) is 26.9. The molecule has 1 amide bonds. The normalized spacial score (nSPS) is 15.3. The molecule has 1 aromatic carbocycles. The molecule has 2 aromatic heterocycles. The lowest BCUT2D eigenvalue weighted by Gasteiger charge is -2.24. The van der Waals surface area contributed by atoms with Gasteiger partial charge in [-0.2, -0.15) is 0 Å². The number of rotatable bonds is 9. The monoisotopic (exact) mass is 539 g/mol. The highest BCUT2D eigenvalue weighted by Gasteiger charge is 2.47. The van der Waals surface area contributed by atoms with E-state index < -0.39 is 29.5 Å². The molecule has 0 fully saturated rings. The van der Waals surface area contributed by atoms with Crippen LogP contribution < -0.4 is 9.64 Å². The summed E-state index contributed by atoms with van der Waals surface area (Å²) in [5.41, 5.74) is 1.32. The molecule has 11 heteroatoms. The van der Waals surface area contributed by atoms with Gasteiger partial charge in [0.05, 0.1) is 39.5 Å². The van der Waals surface area contributed by atoms with Crippen LogP contribution in [0, 0.1) is 20.8 Å². The summed E-state index contributed by atoms with van der Waals surface area (Å²) in [5.74, 6) is -2.03. The molecule has 9 nitrogen and oxygen atoms in total. The molecule has 37 heavy (non-hydrogen) atoms. The molecule has 1 N–H and O–H groups in total. The summed E-state index contributed by atoms with van der Waals surface area (Å²) < 4.78 is 10.8. The van der Waals surface area contributed by atoms with E-state index in [0.29, 0.717) is 39.2 Å². The number of thiazole rings is 2. The minimum absolute atomic E-state index is 0.0234. The molecule has 1 aliphatic heterocycles. The number of anilines is 1. The molecule has 1 aliphatic rings. The SMILES string of the molecule is C=CCOC(=O)c1sc(N2C(=O)C(O)=C(C(=O)c3sc(C)nc3C)C2c2cccc(OCC)c2)nc1C. The van der Waals surface area contributed by atoms with Crippen molar-refractivity contribution in [1.29, 1.82) is 0 Å². The lowest BCUT2D eigenvalue weighted by Crippen LogP contribution is -2.31. The van der Waals surface area contributed by atoms with E-state index in [2.05, 4.69) is 16.5 Å². The quantitative estimate of drug-likeness (QED) is 0.228. The molecule has 3 heterocycles. The van der Waals surface area contributed by atoms with Crippen LogP contribution in [-0.2, 0) is 9.53 Å². The average molecular weight is 540 g/mol. The number of aliphatic hydroxyl groups excluding tert-OH is 1. The second-order valence-corrected chi connectivity index (χ2v) is 10.3. The van der Waals surface area contributed by atoms with Crippen molar-refractivity contribution in [2.75, 3.05) is 18.1 Å². The van der Waals surface area contributed by atoms with Crippen molar-refractivity contribution in [3.8, 4) is 5.75 Å². The first-order valence-corrected chi connectivity index (χ1v) is 13.0. The second-order valence-electron chi connectivity index (χ2n) is 8.12. The van der Waals surface area contributed by atoms with Gasteiger partial charge in [0.15, 0.2) is 10.9 Å². The van der Waals surface area contributed by atoms with Gasteiger partial charge in [0.25, 0.3) is 5.91 Å². The molecule has 3 aromatic rings. The third kappa shape index (κ3) is 4.92. The smallest absolute Gasteiger partial charge is 0.350 e. The van der Waals surface area contributed by atoms with Crippen molar-refractivity contribution < 1.29 is 29.0 Å². The fourth-order valence-corrected chi connectivity index (χ4v) is 5.89. The van der Waals surface area contributed by atoms with Gasteiger partial charge in [-0.3, -0.25) is 14.5 Å². The van der Waals surface area contributed by atoms with Gasteiger partial charge in [0.1, 0.15) is 17.2 Å². The Morgan fingerprint density at radius 1 is 1.16 bits per heavy atom. The summed E-state index contributed by atoms with van der Waals surface area (Å²) in [5, 5.41) is 11.9. The number of ether oxygens (including phenoxy) is 2. The van der Waals surface area contributed by atoms with Crippen LogP contribution in [0.3, 0.4) is 0 Å². The van der Waals surface area contributed by atoms with Crippen molar-refractivity contribution in [3.05, 3.63) is 80.0 Å². The molecule has 0 bridgehead atoms. The van der Waals surface area contributed by atoms with E-state index in [1.165, 1.54) is 22.3 Å². The van der Waals surface area contributed by atoms with E-state index in [0.717, 1.165) is 11.3 Å². The third-order valence-electron chi connectivity index (χ3n) is 5.56. The Morgan fingerprint density at radius 3 is 2.54 bits per heavy atom. The predicted octanol–water partition coefficient (Wildman–Crippen LogP) is 5.05. The Hall–Kier alpha value is -3.83. The van der Waals surface area contributed by atoms with Crippen LogP contribution in [-0.4, -0.2) is 45.9 Å². The molecule has 0 spiro atoms. The number of ketones is 1. The molecule has 0 radical (unpaired) electrons. The Bertz CT molecular complexity index is 1440. The molecule has 0 aliphatic carbocycles. The van der Waals surface area contributed by atoms with Gasteiger partial charge in [-0.05, 0) is 45.4 Å². The summed E-state index contributed by atoms with van der Waals surface area (Å²) in [6, 6.07) is 5.95. The summed E-state index contributed by atoms with van der Waals surface area (Å²) in [6.45, 7) is 10.9. The van der Waals surface area contributed by atoms with Crippen LogP contribution in [0.1, 0.15) is 54.3 Å². The van der Waals surface area contributed by atoms with Gasteiger partial charge in [-0.15, -0.1) is 11.3 Å². The Balaban J connectivity index is 1.86. The maximum atomic E-state index is 13.7. The van der Waals surface area contributed by atoms with Crippen LogP contribution in [0.2, 0.25) is 0 Å². The molecule has 4 rings (SSSR count). The first kappa shape index (κ1) is 26.2. The number of aromatic nitrogens is 2. The zero-order valence-corrected chi connectivity index (χ0v) is 22.4. The van der Waals surface area contributed by atoms with Gasteiger partial charge in [-0.1, -0.05) is 36.1 Å². The predicted molar refractivity (Wildman–Crippen MR) is 141 cm³/mol. The highest BCUT2D eigenvalue weighted by atomic mass is 32.1. The maximum absolute atomic E-state index is 13.7. The first-order valence-electron chi connectivity index (χ1n) is 11.4. The number of aliphatic hydroxyl groups is 1. The fraction of sp³-hybridized carbons (Fsp3) is 0.269. The highest BCUT2D eigenvalue weighted by molar-refractivity contribution is 7.17. The highest BCUT2D eigenvalue weighted by Crippen LogP contribution is 2.45. The van der Waals surface area contributed by atoms with Crippen molar-refractivity contribution >= 4 is 45.5 Å². The van der Waals surface area contributed by atoms with Crippen LogP contribution >= 0.6 is 22.7 Å². The Kier molecular flexibility index (Phi) is 7.55. The Labute approximate surface area is 221 Å². The number of amides is 1. The molecule has 1 unspecified atom stereocenters. The number of aryl methyl sites for hydroxylation is 3. The van der Waals surface area contributed by atoms with Gasteiger partial charge in [0.2, 0.25) is 5.78 Å². The van der Waals surface area contributed by atoms with E-state index in [1.807, 2.05) is 6.92 Å². The number of carbonyl (C=O) groups excluding carboxylic acids is 3. The van der Waals surface area contributed by atoms with Crippen molar-refractivity contribution in [1.82, 2.24) is 9.97 Å². The van der Waals surface area contributed by atoms with Crippen LogP contribution in [0.5, 0.6) is 5.75 Å². The summed E-state index contributed by atoms with van der Waals surface area (Å²) in [7, 11) is 0. The molecule has 0 saturated carbocycles.